The average molecular weight is 354 g/mol. The van der Waals surface area contributed by atoms with Gasteiger partial charge in [0.2, 0.25) is 5.95 Å². The van der Waals surface area contributed by atoms with Gasteiger partial charge < -0.3 is 10.5 Å². The van der Waals surface area contributed by atoms with E-state index in [4.69, 9.17) is 10.5 Å². The summed E-state index contributed by atoms with van der Waals surface area (Å²) in [6.45, 7) is 0. The van der Waals surface area contributed by atoms with Crippen LogP contribution in [0.4, 0.5) is 5.95 Å². The van der Waals surface area contributed by atoms with Crippen LogP contribution < -0.4 is 10.5 Å². The number of nitrogens with zero attached hydrogens (tertiary/aromatic N) is 3. The maximum atomic E-state index is 9.56. The van der Waals surface area contributed by atoms with E-state index in [1.807, 2.05) is 41.8 Å². The van der Waals surface area contributed by atoms with Crippen LogP contribution in [0.15, 0.2) is 46.8 Å². The van der Waals surface area contributed by atoms with Crippen molar-refractivity contribution in [2.75, 3.05) is 12.8 Å². The Morgan fingerprint density at radius 3 is 2.67 bits per heavy atom. The van der Waals surface area contributed by atoms with Crippen molar-refractivity contribution in [3.05, 3.63) is 52.9 Å². The van der Waals surface area contributed by atoms with Crippen LogP contribution >= 0.6 is 23.1 Å². The Kier molecular flexibility index (Phi) is 4.99. The molecule has 0 aliphatic carbocycles. The lowest BCUT2D eigenvalue weighted by Gasteiger charge is -2.08. The zero-order chi connectivity index (χ0) is 16.9. The van der Waals surface area contributed by atoms with Crippen LogP contribution in [0.25, 0.3) is 10.6 Å². The van der Waals surface area contributed by atoms with Gasteiger partial charge in [0.05, 0.1) is 12.0 Å². The van der Waals surface area contributed by atoms with Gasteiger partial charge in [0.25, 0.3) is 0 Å². The average Bonchev–Trinajstić information content (AvgIpc) is 3.14. The Morgan fingerprint density at radius 1 is 1.25 bits per heavy atom. The van der Waals surface area contributed by atoms with Crippen LogP contribution in [0.1, 0.15) is 11.1 Å². The predicted octanol–water partition coefficient (Wildman–Crippen LogP) is 3.96. The molecule has 0 saturated heterocycles. The molecule has 0 saturated carbocycles. The van der Waals surface area contributed by atoms with E-state index in [2.05, 4.69) is 16.0 Å². The van der Waals surface area contributed by atoms with E-state index in [0.29, 0.717) is 22.0 Å². The van der Waals surface area contributed by atoms with Crippen LogP contribution in [0.3, 0.4) is 0 Å². The van der Waals surface area contributed by atoms with E-state index >= 15 is 0 Å². The first-order valence-corrected chi connectivity index (χ1v) is 8.95. The second-order valence-electron chi connectivity index (χ2n) is 4.84. The highest BCUT2D eigenvalue weighted by Gasteiger charge is 2.16. The highest BCUT2D eigenvalue weighted by Crippen LogP contribution is 2.33. The van der Waals surface area contributed by atoms with Crippen LogP contribution in [-0.4, -0.2) is 17.1 Å². The molecule has 2 heterocycles. The minimum atomic E-state index is 0.176. The van der Waals surface area contributed by atoms with Crippen molar-refractivity contribution >= 4 is 29.0 Å². The quantitative estimate of drug-likeness (QED) is 0.551. The van der Waals surface area contributed by atoms with Crippen molar-refractivity contribution < 1.29 is 4.74 Å². The molecule has 24 heavy (non-hydrogen) atoms. The van der Waals surface area contributed by atoms with Gasteiger partial charge >= 0.3 is 0 Å². The third-order valence-electron chi connectivity index (χ3n) is 3.29. The number of rotatable bonds is 5. The molecule has 0 unspecified atom stereocenters. The Balaban J connectivity index is 1.88. The van der Waals surface area contributed by atoms with Gasteiger partial charge in [0.1, 0.15) is 28.1 Å². The first-order valence-electron chi connectivity index (χ1n) is 7.08. The SMILES string of the molecule is COc1ccc(CSc2nc(N)nc(-c3cccs3)c2C#N)cc1. The Labute approximate surface area is 148 Å². The predicted molar refractivity (Wildman–Crippen MR) is 97.0 cm³/mol. The zero-order valence-electron chi connectivity index (χ0n) is 12.9. The normalized spacial score (nSPS) is 10.3. The second kappa shape index (κ2) is 7.34. The number of nitrogens with two attached hydrogens (primary N) is 1. The van der Waals surface area contributed by atoms with Gasteiger partial charge in [-0.2, -0.15) is 5.26 Å². The topological polar surface area (TPSA) is 84.8 Å². The van der Waals surface area contributed by atoms with E-state index < -0.39 is 0 Å². The molecule has 0 amide bonds. The summed E-state index contributed by atoms with van der Waals surface area (Å²) in [5.41, 5.74) is 8.01. The first kappa shape index (κ1) is 16.3. The van der Waals surface area contributed by atoms with Crippen LogP contribution in [0, 0.1) is 11.3 Å². The number of hydrogen-bond donors (Lipinski definition) is 1. The molecular weight excluding hydrogens is 340 g/mol. The second-order valence-corrected chi connectivity index (χ2v) is 6.75. The lowest BCUT2D eigenvalue weighted by molar-refractivity contribution is 0.414. The number of aromatic nitrogens is 2. The molecule has 3 rings (SSSR count). The van der Waals surface area contributed by atoms with E-state index in [-0.39, 0.29) is 5.95 Å². The Hall–Kier alpha value is -2.56. The summed E-state index contributed by atoms with van der Waals surface area (Å²) in [4.78, 5) is 9.41. The van der Waals surface area contributed by atoms with Crippen molar-refractivity contribution in [2.45, 2.75) is 10.8 Å². The van der Waals surface area contributed by atoms with Gasteiger partial charge in [-0.15, -0.1) is 23.1 Å². The molecule has 0 aliphatic heterocycles. The lowest BCUT2D eigenvalue weighted by atomic mass is 10.2. The Morgan fingerprint density at radius 2 is 2.04 bits per heavy atom. The molecular formula is C17H14N4OS2. The van der Waals surface area contributed by atoms with E-state index in [1.165, 1.54) is 23.1 Å². The summed E-state index contributed by atoms with van der Waals surface area (Å²) in [6.07, 6.45) is 0. The number of ether oxygens (including phenoxy) is 1. The number of methoxy groups -OCH3 is 1. The third-order valence-corrected chi connectivity index (χ3v) is 5.22. The molecule has 0 bridgehead atoms. The van der Waals surface area contributed by atoms with Crippen LogP contribution in [-0.2, 0) is 5.75 Å². The van der Waals surface area contributed by atoms with Gasteiger partial charge in [-0.3, -0.25) is 0 Å². The van der Waals surface area contributed by atoms with Crippen LogP contribution in [0.2, 0.25) is 0 Å². The summed E-state index contributed by atoms with van der Waals surface area (Å²) in [5.74, 6) is 1.67. The third kappa shape index (κ3) is 3.50. The summed E-state index contributed by atoms with van der Waals surface area (Å²) in [6, 6.07) is 13.9. The van der Waals surface area contributed by atoms with Gasteiger partial charge in [0, 0.05) is 5.75 Å². The minimum absolute atomic E-state index is 0.176. The molecule has 0 atom stereocenters. The molecule has 2 aromatic heterocycles. The summed E-state index contributed by atoms with van der Waals surface area (Å²) in [7, 11) is 1.64. The van der Waals surface area contributed by atoms with Gasteiger partial charge in [-0.1, -0.05) is 18.2 Å². The standard InChI is InChI=1S/C17H14N4OS2/c1-22-12-6-4-11(5-7-12)10-24-16-13(9-18)15(20-17(19)21-16)14-3-2-8-23-14/h2-8H,10H2,1H3,(H2,19,20,21). The Bertz CT molecular complexity index is 871. The molecule has 0 aliphatic rings. The lowest BCUT2D eigenvalue weighted by Crippen LogP contribution is -2.02. The fraction of sp³-hybridized carbons (Fsp3) is 0.118. The summed E-state index contributed by atoms with van der Waals surface area (Å²) < 4.78 is 5.16. The monoisotopic (exact) mass is 354 g/mol. The smallest absolute Gasteiger partial charge is 0.221 e. The number of benzene rings is 1. The number of thioether (sulfide) groups is 1. The molecule has 1 aromatic carbocycles. The summed E-state index contributed by atoms with van der Waals surface area (Å²) in [5, 5.41) is 12.1. The number of anilines is 1. The summed E-state index contributed by atoms with van der Waals surface area (Å²) >= 11 is 3.00. The first-order chi connectivity index (χ1) is 11.7. The van der Waals surface area contributed by atoms with Gasteiger partial charge in [0.15, 0.2) is 0 Å². The molecule has 0 fully saturated rings. The number of hydrogen-bond acceptors (Lipinski definition) is 7. The number of nitrogen functional groups attached to an aromatic ring is 1. The molecule has 120 valence electrons. The maximum Gasteiger partial charge on any atom is 0.221 e. The minimum Gasteiger partial charge on any atom is -0.497 e. The highest BCUT2D eigenvalue weighted by molar-refractivity contribution is 7.98. The number of thiophene rings is 1. The van der Waals surface area contributed by atoms with Crippen molar-refractivity contribution in [1.82, 2.24) is 9.97 Å². The van der Waals surface area contributed by atoms with E-state index in [9.17, 15) is 5.26 Å². The molecule has 7 heteroatoms. The number of nitriles is 1. The fourth-order valence-corrected chi connectivity index (χ4v) is 3.79. The van der Waals surface area contributed by atoms with Crippen molar-refractivity contribution in [2.24, 2.45) is 0 Å². The van der Waals surface area contributed by atoms with Crippen molar-refractivity contribution in [1.29, 1.82) is 5.26 Å². The molecule has 5 nitrogen and oxygen atoms in total. The van der Waals surface area contributed by atoms with Gasteiger partial charge in [-0.25, -0.2) is 9.97 Å². The largest absolute Gasteiger partial charge is 0.497 e. The molecule has 3 aromatic rings. The van der Waals surface area contributed by atoms with E-state index in [1.54, 1.807) is 7.11 Å². The van der Waals surface area contributed by atoms with E-state index in [0.717, 1.165) is 16.2 Å². The van der Waals surface area contributed by atoms with Crippen LogP contribution in [0.5, 0.6) is 5.75 Å². The van der Waals surface area contributed by atoms with Crippen molar-refractivity contribution in [3.63, 3.8) is 0 Å². The van der Waals surface area contributed by atoms with Crippen molar-refractivity contribution in [3.8, 4) is 22.4 Å². The fourth-order valence-electron chi connectivity index (χ4n) is 2.13. The van der Waals surface area contributed by atoms with Gasteiger partial charge in [-0.05, 0) is 29.1 Å². The molecule has 2 N–H and O–H groups in total. The maximum absolute atomic E-state index is 9.56. The molecule has 0 spiro atoms. The highest BCUT2D eigenvalue weighted by atomic mass is 32.2. The zero-order valence-corrected chi connectivity index (χ0v) is 14.5. The molecule has 0 radical (unpaired) electrons.